The summed E-state index contributed by atoms with van der Waals surface area (Å²) in [6.07, 6.45) is 2.73. The summed E-state index contributed by atoms with van der Waals surface area (Å²) < 4.78 is 0. The lowest BCUT2D eigenvalue weighted by molar-refractivity contribution is 0.383. The van der Waals surface area contributed by atoms with Crippen LogP contribution in [0.5, 0.6) is 0 Å². The van der Waals surface area contributed by atoms with Crippen LogP contribution in [0.2, 0.25) is 0 Å². The van der Waals surface area contributed by atoms with Crippen LogP contribution >= 0.6 is 0 Å². The van der Waals surface area contributed by atoms with Crippen LogP contribution in [0, 0.1) is 17.8 Å². The fourth-order valence-electron chi connectivity index (χ4n) is 1.30. The fourth-order valence-corrected chi connectivity index (χ4v) is 1.30. The minimum Gasteiger partial charge on any atom is -0.292 e. The van der Waals surface area contributed by atoms with Crippen LogP contribution in [0.4, 0.5) is 0 Å². The summed E-state index contributed by atoms with van der Waals surface area (Å²) >= 11 is 0. The van der Waals surface area contributed by atoms with Gasteiger partial charge in [-0.3, -0.25) is 4.90 Å². The summed E-state index contributed by atoms with van der Waals surface area (Å²) in [6.45, 7) is 7.77. The van der Waals surface area contributed by atoms with Gasteiger partial charge in [0, 0.05) is 5.92 Å². The van der Waals surface area contributed by atoms with E-state index in [1.807, 2.05) is 0 Å². The van der Waals surface area contributed by atoms with E-state index >= 15 is 0 Å². The highest BCUT2D eigenvalue weighted by molar-refractivity contribution is 5.03. The Hall–Kier alpha value is -0.480. The molecular weight excluding hydrogens is 134 g/mol. The quantitative estimate of drug-likeness (QED) is 0.516. The second-order valence-electron chi connectivity index (χ2n) is 3.46. The third-order valence-electron chi connectivity index (χ3n) is 1.89. The molecule has 0 aromatic heterocycles. The fraction of sp³-hybridized carbons (Fsp3) is 0.800. The van der Waals surface area contributed by atoms with Gasteiger partial charge in [-0.2, -0.15) is 0 Å². The van der Waals surface area contributed by atoms with Crippen molar-refractivity contribution < 1.29 is 0 Å². The van der Waals surface area contributed by atoms with Gasteiger partial charge in [0.05, 0.1) is 6.54 Å². The van der Waals surface area contributed by atoms with E-state index in [1.165, 1.54) is 25.9 Å². The molecule has 0 atom stereocenters. The zero-order valence-electron chi connectivity index (χ0n) is 7.56. The predicted octanol–water partition coefficient (Wildman–Crippen LogP) is 1.74. The zero-order chi connectivity index (χ0) is 8.10. The molecule has 0 aromatic rings. The van der Waals surface area contributed by atoms with Crippen LogP contribution in [0.3, 0.4) is 0 Å². The Morgan fingerprint density at radius 2 is 1.91 bits per heavy atom. The van der Waals surface area contributed by atoms with E-state index in [-0.39, 0.29) is 0 Å². The summed E-state index contributed by atoms with van der Waals surface area (Å²) in [5, 5.41) is 0. The topological polar surface area (TPSA) is 3.24 Å². The molecule has 0 spiro atoms. The van der Waals surface area contributed by atoms with Gasteiger partial charge < -0.3 is 0 Å². The second kappa shape index (κ2) is 4.41. The maximum absolute atomic E-state index is 3.20. The average Bonchev–Trinajstić information content (AvgIpc) is 2.39. The van der Waals surface area contributed by atoms with E-state index in [0.717, 1.165) is 6.54 Å². The van der Waals surface area contributed by atoms with E-state index in [0.29, 0.717) is 5.92 Å². The molecule has 1 nitrogen and oxygen atoms in total. The summed E-state index contributed by atoms with van der Waals surface area (Å²) in [5.41, 5.74) is 0. The largest absolute Gasteiger partial charge is 0.292 e. The lowest BCUT2D eigenvalue weighted by atomic mass is 10.2. The van der Waals surface area contributed by atoms with Crippen LogP contribution in [0.25, 0.3) is 0 Å². The van der Waals surface area contributed by atoms with E-state index in [4.69, 9.17) is 0 Å². The Morgan fingerprint density at radius 1 is 1.27 bits per heavy atom. The van der Waals surface area contributed by atoms with E-state index in [2.05, 4.69) is 30.6 Å². The molecule has 1 aliphatic heterocycles. The van der Waals surface area contributed by atoms with Crippen molar-refractivity contribution in [3.63, 3.8) is 0 Å². The van der Waals surface area contributed by atoms with Crippen molar-refractivity contribution in [1.82, 2.24) is 4.90 Å². The minimum atomic E-state index is 0.526. The van der Waals surface area contributed by atoms with Crippen LogP contribution in [0.15, 0.2) is 0 Å². The molecule has 0 bridgehead atoms. The van der Waals surface area contributed by atoms with Crippen LogP contribution in [-0.2, 0) is 0 Å². The van der Waals surface area contributed by atoms with Crippen LogP contribution < -0.4 is 0 Å². The first-order valence-corrected chi connectivity index (χ1v) is 4.50. The monoisotopic (exact) mass is 151 g/mol. The van der Waals surface area contributed by atoms with Crippen molar-refractivity contribution in [2.75, 3.05) is 19.6 Å². The highest BCUT2D eigenvalue weighted by atomic mass is 15.1. The molecule has 1 saturated heterocycles. The third-order valence-corrected chi connectivity index (χ3v) is 1.89. The highest BCUT2D eigenvalue weighted by Crippen LogP contribution is 2.05. The molecule has 0 radical (unpaired) electrons. The maximum atomic E-state index is 3.20. The van der Waals surface area contributed by atoms with Crippen LogP contribution in [-0.4, -0.2) is 24.5 Å². The molecule has 1 heterocycles. The second-order valence-corrected chi connectivity index (χ2v) is 3.46. The van der Waals surface area contributed by atoms with Gasteiger partial charge in [0.2, 0.25) is 0 Å². The predicted molar refractivity (Wildman–Crippen MR) is 48.3 cm³/mol. The van der Waals surface area contributed by atoms with E-state index < -0.39 is 0 Å². The lowest BCUT2D eigenvalue weighted by Crippen LogP contribution is -2.19. The summed E-state index contributed by atoms with van der Waals surface area (Å²) in [7, 11) is 0. The van der Waals surface area contributed by atoms with Crippen molar-refractivity contribution >= 4 is 0 Å². The molecule has 0 aliphatic carbocycles. The number of nitrogens with zero attached hydrogens (tertiary/aromatic N) is 1. The molecular formula is C10H17N. The Labute approximate surface area is 69.8 Å². The first-order valence-electron chi connectivity index (χ1n) is 4.50. The van der Waals surface area contributed by atoms with Gasteiger partial charge in [0.15, 0.2) is 0 Å². The Balaban J connectivity index is 2.16. The van der Waals surface area contributed by atoms with Gasteiger partial charge in [0.1, 0.15) is 0 Å². The molecule has 1 fully saturated rings. The van der Waals surface area contributed by atoms with E-state index in [9.17, 15) is 0 Å². The molecule has 1 heteroatoms. The average molecular weight is 151 g/mol. The summed E-state index contributed by atoms with van der Waals surface area (Å²) in [6, 6.07) is 0. The number of hydrogen-bond acceptors (Lipinski definition) is 1. The van der Waals surface area contributed by atoms with Gasteiger partial charge >= 0.3 is 0 Å². The molecule has 0 unspecified atom stereocenters. The third kappa shape index (κ3) is 3.43. The molecule has 0 saturated carbocycles. The standard InChI is InChI=1S/C10H17N/c1-10(2)6-5-9-11-7-3-4-8-11/h10H,3-4,7-9H2,1-2H3. The Bertz CT molecular complexity index is 155. The summed E-state index contributed by atoms with van der Waals surface area (Å²) in [4.78, 5) is 2.43. The van der Waals surface area contributed by atoms with Gasteiger partial charge in [-0.25, -0.2) is 0 Å². The molecule has 1 aliphatic rings. The number of likely N-dealkylation sites (tertiary alicyclic amines) is 1. The normalized spacial score (nSPS) is 18.5. The summed E-state index contributed by atoms with van der Waals surface area (Å²) in [5.74, 6) is 6.91. The van der Waals surface area contributed by atoms with Gasteiger partial charge in [-0.15, -0.1) is 0 Å². The Morgan fingerprint density at radius 3 is 2.45 bits per heavy atom. The minimum absolute atomic E-state index is 0.526. The first-order chi connectivity index (χ1) is 5.29. The number of rotatable bonds is 1. The molecule has 1 rings (SSSR count). The van der Waals surface area contributed by atoms with Gasteiger partial charge in [-0.05, 0) is 25.9 Å². The van der Waals surface area contributed by atoms with Crippen molar-refractivity contribution in [1.29, 1.82) is 0 Å². The van der Waals surface area contributed by atoms with Crippen molar-refractivity contribution in [3.8, 4) is 11.8 Å². The lowest BCUT2D eigenvalue weighted by Gasteiger charge is -2.08. The van der Waals surface area contributed by atoms with Crippen molar-refractivity contribution in [3.05, 3.63) is 0 Å². The van der Waals surface area contributed by atoms with Crippen molar-refractivity contribution in [2.24, 2.45) is 5.92 Å². The highest BCUT2D eigenvalue weighted by Gasteiger charge is 2.08. The Kier molecular flexibility index (Phi) is 3.45. The van der Waals surface area contributed by atoms with Crippen LogP contribution in [0.1, 0.15) is 26.7 Å². The molecule has 0 aromatic carbocycles. The van der Waals surface area contributed by atoms with Crippen molar-refractivity contribution in [2.45, 2.75) is 26.7 Å². The number of hydrogen-bond donors (Lipinski definition) is 0. The molecule has 62 valence electrons. The SMILES string of the molecule is CC(C)C#CCN1CCCC1. The smallest absolute Gasteiger partial charge is 0.0601 e. The first kappa shape index (κ1) is 8.62. The molecule has 0 N–H and O–H groups in total. The van der Waals surface area contributed by atoms with Gasteiger partial charge in [-0.1, -0.05) is 25.7 Å². The van der Waals surface area contributed by atoms with E-state index in [1.54, 1.807) is 0 Å². The molecule has 11 heavy (non-hydrogen) atoms. The maximum Gasteiger partial charge on any atom is 0.0601 e. The molecule has 0 amide bonds. The zero-order valence-corrected chi connectivity index (χ0v) is 7.56. The van der Waals surface area contributed by atoms with Gasteiger partial charge in [0.25, 0.3) is 0 Å².